The minimum absolute atomic E-state index is 0.0901. The van der Waals surface area contributed by atoms with Gasteiger partial charge in [0, 0.05) is 36.2 Å². The fourth-order valence-electron chi connectivity index (χ4n) is 3.16. The van der Waals surface area contributed by atoms with E-state index >= 15 is 0 Å². The summed E-state index contributed by atoms with van der Waals surface area (Å²) >= 11 is 1.58. The normalized spacial score (nSPS) is 15.7. The number of sulfonamides is 1. The Morgan fingerprint density at radius 1 is 1.34 bits per heavy atom. The fraction of sp³-hybridized carbons (Fsp3) is 0.400. The number of carbonyl (C=O) groups is 1. The van der Waals surface area contributed by atoms with Gasteiger partial charge in [0.25, 0.3) is 0 Å². The molecule has 0 radical (unpaired) electrons. The van der Waals surface area contributed by atoms with Crippen molar-refractivity contribution in [3.63, 3.8) is 0 Å². The number of hydrogen-bond acceptors (Lipinski definition) is 6. The molecule has 156 valence electrons. The Labute approximate surface area is 175 Å². The molecule has 2 aromatic rings. The molecular formula is C20H25N3O4S2. The molecule has 0 atom stereocenters. The van der Waals surface area contributed by atoms with Crippen molar-refractivity contribution in [2.24, 2.45) is 0 Å². The zero-order valence-electron chi connectivity index (χ0n) is 16.5. The first-order valence-corrected chi connectivity index (χ1v) is 12.1. The maximum atomic E-state index is 12.5. The van der Waals surface area contributed by atoms with Gasteiger partial charge in [0.15, 0.2) is 0 Å². The molecule has 29 heavy (non-hydrogen) atoms. The van der Waals surface area contributed by atoms with Gasteiger partial charge < -0.3 is 9.64 Å². The highest BCUT2D eigenvalue weighted by Gasteiger charge is 2.23. The molecule has 1 fully saturated rings. The quantitative estimate of drug-likeness (QED) is 0.676. The van der Waals surface area contributed by atoms with E-state index in [0.717, 1.165) is 22.5 Å². The van der Waals surface area contributed by atoms with Crippen molar-refractivity contribution in [3.8, 4) is 5.75 Å². The molecule has 3 rings (SSSR count). The number of benzene rings is 1. The fourth-order valence-corrected chi connectivity index (χ4v) is 4.60. The number of piperidine rings is 1. The van der Waals surface area contributed by atoms with E-state index in [1.807, 2.05) is 36.6 Å². The lowest BCUT2D eigenvalue weighted by molar-refractivity contribution is -0.126. The minimum Gasteiger partial charge on any atom is -0.487 e. The zero-order valence-corrected chi connectivity index (χ0v) is 18.1. The summed E-state index contributed by atoms with van der Waals surface area (Å²) in [5.41, 5.74) is 1.70. The van der Waals surface area contributed by atoms with E-state index in [1.165, 1.54) is 0 Å². The molecular weight excluding hydrogens is 410 g/mol. The van der Waals surface area contributed by atoms with Gasteiger partial charge >= 0.3 is 0 Å². The van der Waals surface area contributed by atoms with Crippen molar-refractivity contribution < 1.29 is 17.9 Å². The van der Waals surface area contributed by atoms with Gasteiger partial charge in [-0.2, -0.15) is 0 Å². The Hall–Kier alpha value is -2.23. The summed E-state index contributed by atoms with van der Waals surface area (Å²) in [6.45, 7) is 3.38. The van der Waals surface area contributed by atoms with Gasteiger partial charge in [-0.3, -0.25) is 4.79 Å². The lowest BCUT2D eigenvalue weighted by Gasteiger charge is -2.31. The van der Waals surface area contributed by atoms with Gasteiger partial charge in [-0.05, 0) is 31.9 Å². The number of thiazole rings is 1. The number of aromatic nitrogens is 1. The van der Waals surface area contributed by atoms with Gasteiger partial charge in [0.05, 0.1) is 17.0 Å². The van der Waals surface area contributed by atoms with Crippen LogP contribution in [0.1, 0.15) is 29.1 Å². The van der Waals surface area contributed by atoms with Gasteiger partial charge in [0.2, 0.25) is 15.9 Å². The Bertz CT molecular complexity index is 977. The molecule has 1 amide bonds. The van der Waals surface area contributed by atoms with E-state index < -0.39 is 10.0 Å². The number of nitrogens with zero attached hydrogens (tertiary/aromatic N) is 2. The smallest absolute Gasteiger partial charge is 0.246 e. The van der Waals surface area contributed by atoms with E-state index in [9.17, 15) is 13.2 Å². The van der Waals surface area contributed by atoms with E-state index in [1.54, 1.807) is 28.4 Å². The number of rotatable bonds is 7. The van der Waals surface area contributed by atoms with Crippen LogP contribution in [0.2, 0.25) is 0 Å². The SMILES string of the molecule is Cc1nc(COc2ccccc2/C=C/C(=O)N2CCC(NS(C)(=O)=O)CC2)cs1. The Balaban J connectivity index is 1.56. The van der Waals surface area contributed by atoms with Crippen LogP contribution in [0.15, 0.2) is 35.7 Å². The van der Waals surface area contributed by atoms with E-state index in [0.29, 0.717) is 38.3 Å². The topological polar surface area (TPSA) is 88.6 Å². The second-order valence-corrected chi connectivity index (χ2v) is 9.85. The minimum atomic E-state index is -3.22. The monoisotopic (exact) mass is 435 g/mol. The molecule has 0 unspecified atom stereocenters. The van der Waals surface area contributed by atoms with Gasteiger partial charge in [-0.25, -0.2) is 18.1 Å². The van der Waals surface area contributed by atoms with Crippen molar-refractivity contribution in [1.29, 1.82) is 0 Å². The van der Waals surface area contributed by atoms with E-state index in [-0.39, 0.29) is 11.9 Å². The average molecular weight is 436 g/mol. The largest absolute Gasteiger partial charge is 0.487 e. The van der Waals surface area contributed by atoms with Gasteiger partial charge in [-0.15, -0.1) is 11.3 Å². The maximum absolute atomic E-state index is 12.5. The van der Waals surface area contributed by atoms with Crippen LogP contribution >= 0.6 is 11.3 Å². The third kappa shape index (κ3) is 6.66. The van der Waals surface area contributed by atoms with Crippen LogP contribution in [0.5, 0.6) is 5.75 Å². The summed E-state index contributed by atoms with van der Waals surface area (Å²) in [5, 5.41) is 2.97. The lowest BCUT2D eigenvalue weighted by atomic mass is 10.1. The summed E-state index contributed by atoms with van der Waals surface area (Å²) in [7, 11) is -3.22. The third-order valence-electron chi connectivity index (χ3n) is 4.55. The molecule has 0 aliphatic carbocycles. The van der Waals surface area contributed by atoms with Crippen molar-refractivity contribution in [3.05, 3.63) is 52.0 Å². The lowest BCUT2D eigenvalue weighted by Crippen LogP contribution is -2.45. The van der Waals surface area contributed by atoms with Crippen LogP contribution in [0.25, 0.3) is 6.08 Å². The summed E-state index contributed by atoms with van der Waals surface area (Å²) in [6.07, 6.45) is 5.67. The zero-order chi connectivity index (χ0) is 20.9. The first-order chi connectivity index (χ1) is 13.8. The van der Waals surface area contributed by atoms with Crippen LogP contribution in [0, 0.1) is 6.92 Å². The molecule has 1 N–H and O–H groups in total. The van der Waals surface area contributed by atoms with Crippen molar-refractivity contribution >= 4 is 33.3 Å². The van der Waals surface area contributed by atoms with Crippen LogP contribution in [-0.4, -0.2) is 49.6 Å². The molecule has 9 heteroatoms. The summed E-state index contributed by atoms with van der Waals surface area (Å²) in [6, 6.07) is 7.44. The van der Waals surface area contributed by atoms with Crippen molar-refractivity contribution in [2.45, 2.75) is 32.4 Å². The molecule has 2 heterocycles. The molecule has 1 aromatic heterocycles. The number of carbonyl (C=O) groups excluding carboxylic acids is 1. The number of para-hydroxylation sites is 1. The Morgan fingerprint density at radius 2 is 2.07 bits per heavy atom. The van der Waals surface area contributed by atoms with Crippen LogP contribution in [0.4, 0.5) is 0 Å². The number of hydrogen-bond donors (Lipinski definition) is 1. The summed E-state index contributed by atoms with van der Waals surface area (Å²) < 4.78 is 31.2. The van der Waals surface area contributed by atoms with Gasteiger partial charge in [-0.1, -0.05) is 18.2 Å². The number of nitrogens with one attached hydrogen (secondary N) is 1. The number of ether oxygens (including phenoxy) is 1. The number of amides is 1. The molecule has 0 saturated carbocycles. The summed E-state index contributed by atoms with van der Waals surface area (Å²) in [4.78, 5) is 18.6. The molecule has 1 saturated heterocycles. The van der Waals surface area contributed by atoms with Crippen LogP contribution in [-0.2, 0) is 21.4 Å². The predicted octanol–water partition coefficient (Wildman–Crippen LogP) is 2.58. The van der Waals surface area contributed by atoms with Crippen LogP contribution < -0.4 is 9.46 Å². The highest BCUT2D eigenvalue weighted by molar-refractivity contribution is 7.88. The molecule has 1 aromatic carbocycles. The predicted molar refractivity (Wildman–Crippen MR) is 114 cm³/mol. The summed E-state index contributed by atoms with van der Waals surface area (Å²) in [5.74, 6) is 0.603. The van der Waals surface area contributed by atoms with Crippen LogP contribution in [0.3, 0.4) is 0 Å². The molecule has 1 aliphatic heterocycles. The molecule has 1 aliphatic rings. The molecule has 0 bridgehead atoms. The maximum Gasteiger partial charge on any atom is 0.246 e. The first kappa shape index (κ1) is 21.5. The average Bonchev–Trinajstić information content (AvgIpc) is 3.09. The van der Waals surface area contributed by atoms with Gasteiger partial charge in [0.1, 0.15) is 12.4 Å². The Kier molecular flexibility index (Phi) is 7.05. The van der Waals surface area contributed by atoms with E-state index in [4.69, 9.17) is 4.74 Å². The number of aryl methyl sites for hydroxylation is 1. The van der Waals surface area contributed by atoms with Crippen molar-refractivity contribution in [1.82, 2.24) is 14.6 Å². The third-order valence-corrected chi connectivity index (χ3v) is 6.14. The second-order valence-electron chi connectivity index (χ2n) is 7.01. The van der Waals surface area contributed by atoms with E-state index in [2.05, 4.69) is 9.71 Å². The Morgan fingerprint density at radius 3 is 2.72 bits per heavy atom. The standard InChI is InChI=1S/C20H25N3O4S2/c1-15-21-18(14-28-15)13-27-19-6-4-3-5-16(19)7-8-20(24)23-11-9-17(10-12-23)22-29(2,25)26/h3-8,14,17,22H,9-13H2,1-2H3/b8-7+. The highest BCUT2D eigenvalue weighted by Crippen LogP contribution is 2.22. The molecule has 7 nitrogen and oxygen atoms in total. The molecule has 0 spiro atoms. The van der Waals surface area contributed by atoms with Crippen molar-refractivity contribution in [2.75, 3.05) is 19.3 Å². The first-order valence-electron chi connectivity index (χ1n) is 9.37. The number of likely N-dealkylation sites (tertiary alicyclic amines) is 1. The second kappa shape index (κ2) is 9.51. The highest BCUT2D eigenvalue weighted by atomic mass is 32.2.